The van der Waals surface area contributed by atoms with E-state index in [2.05, 4.69) is 36.1 Å². The Morgan fingerprint density at radius 1 is 1.33 bits per heavy atom. The maximum atomic E-state index is 9.19. The van der Waals surface area contributed by atoms with Gasteiger partial charge in [-0.15, -0.1) is 0 Å². The predicted octanol–water partition coefficient (Wildman–Crippen LogP) is 2.31. The van der Waals surface area contributed by atoms with Crippen LogP contribution in [0.4, 0.5) is 5.69 Å². The fourth-order valence-electron chi connectivity index (χ4n) is 2.67. The summed E-state index contributed by atoms with van der Waals surface area (Å²) in [5.41, 5.74) is 8.72. The van der Waals surface area contributed by atoms with Gasteiger partial charge in [-0.3, -0.25) is 0 Å². The van der Waals surface area contributed by atoms with Gasteiger partial charge in [0.25, 0.3) is 0 Å². The van der Waals surface area contributed by atoms with E-state index in [0.717, 1.165) is 32.4 Å². The van der Waals surface area contributed by atoms with Crippen LogP contribution in [-0.2, 0) is 0 Å². The highest BCUT2D eigenvalue weighted by molar-refractivity contribution is 5.55. The molecule has 0 saturated carbocycles. The lowest BCUT2D eigenvalue weighted by Crippen LogP contribution is -2.35. The Hall–Kier alpha value is -1.06. The van der Waals surface area contributed by atoms with Crippen molar-refractivity contribution in [3.8, 4) is 0 Å². The van der Waals surface area contributed by atoms with Crippen molar-refractivity contribution in [3.63, 3.8) is 0 Å². The molecule has 1 saturated heterocycles. The molecule has 1 aromatic carbocycles. The maximum absolute atomic E-state index is 9.19. The number of piperidine rings is 1. The van der Waals surface area contributed by atoms with Crippen molar-refractivity contribution >= 4 is 5.69 Å². The van der Waals surface area contributed by atoms with Crippen LogP contribution in [0.15, 0.2) is 24.3 Å². The van der Waals surface area contributed by atoms with E-state index in [1.54, 1.807) is 0 Å². The van der Waals surface area contributed by atoms with Crippen LogP contribution in [0.2, 0.25) is 0 Å². The largest absolute Gasteiger partial charge is 0.396 e. The zero-order chi connectivity index (χ0) is 13.0. The van der Waals surface area contributed by atoms with Gasteiger partial charge >= 0.3 is 0 Å². The van der Waals surface area contributed by atoms with Crippen LogP contribution in [-0.4, -0.2) is 24.8 Å². The zero-order valence-electron chi connectivity index (χ0n) is 11.2. The van der Waals surface area contributed by atoms with Gasteiger partial charge in [0, 0.05) is 31.4 Å². The Kier molecular flexibility index (Phi) is 4.61. The van der Waals surface area contributed by atoms with Crippen molar-refractivity contribution in [2.45, 2.75) is 32.2 Å². The normalized spacial score (nSPS) is 18.9. The van der Waals surface area contributed by atoms with Crippen molar-refractivity contribution in [2.24, 2.45) is 11.7 Å². The molecule has 3 nitrogen and oxygen atoms in total. The average Bonchev–Trinajstić information content (AvgIpc) is 2.46. The van der Waals surface area contributed by atoms with Crippen LogP contribution in [0.3, 0.4) is 0 Å². The molecule has 0 aliphatic carbocycles. The molecule has 0 radical (unpaired) electrons. The molecule has 18 heavy (non-hydrogen) atoms. The summed E-state index contributed by atoms with van der Waals surface area (Å²) in [6, 6.07) is 8.58. The van der Waals surface area contributed by atoms with Gasteiger partial charge in [0.1, 0.15) is 0 Å². The van der Waals surface area contributed by atoms with Crippen molar-refractivity contribution in [1.29, 1.82) is 0 Å². The summed E-state index contributed by atoms with van der Waals surface area (Å²) < 4.78 is 0. The number of anilines is 1. The van der Waals surface area contributed by atoms with Crippen LogP contribution in [0, 0.1) is 5.92 Å². The van der Waals surface area contributed by atoms with E-state index in [1.807, 2.05) is 0 Å². The lowest BCUT2D eigenvalue weighted by molar-refractivity contribution is 0.203. The summed E-state index contributed by atoms with van der Waals surface area (Å²) in [6.45, 7) is 4.50. The molecule has 1 atom stereocenters. The Balaban J connectivity index is 2.13. The Morgan fingerprint density at radius 3 is 2.61 bits per heavy atom. The molecule has 0 amide bonds. The minimum absolute atomic E-state index is 0.122. The van der Waals surface area contributed by atoms with Gasteiger partial charge in [0.05, 0.1) is 0 Å². The zero-order valence-corrected chi connectivity index (χ0v) is 11.2. The first-order valence-corrected chi connectivity index (χ1v) is 6.96. The van der Waals surface area contributed by atoms with Crippen LogP contribution in [0.5, 0.6) is 0 Å². The van der Waals surface area contributed by atoms with Crippen LogP contribution in [0.1, 0.15) is 37.8 Å². The molecule has 3 N–H and O–H groups in total. The smallest absolute Gasteiger partial charge is 0.0460 e. The van der Waals surface area contributed by atoms with Gasteiger partial charge in [-0.05, 0) is 36.8 Å². The molecule has 0 aromatic heterocycles. The second-order valence-electron chi connectivity index (χ2n) is 5.19. The van der Waals surface area contributed by atoms with Crippen molar-refractivity contribution in [2.75, 3.05) is 24.6 Å². The van der Waals surface area contributed by atoms with Crippen molar-refractivity contribution < 1.29 is 5.11 Å². The monoisotopic (exact) mass is 248 g/mol. The number of para-hydroxylation sites is 1. The number of nitrogens with zero attached hydrogens (tertiary/aromatic N) is 1. The highest BCUT2D eigenvalue weighted by Gasteiger charge is 2.21. The molecular formula is C15H24N2O. The molecule has 0 unspecified atom stereocenters. The Labute approximate surface area is 110 Å². The first-order valence-electron chi connectivity index (χ1n) is 6.96. The molecule has 2 rings (SSSR count). The number of nitrogens with two attached hydrogens (primary N) is 1. The molecule has 100 valence electrons. The predicted molar refractivity (Wildman–Crippen MR) is 75.7 cm³/mol. The van der Waals surface area contributed by atoms with E-state index in [-0.39, 0.29) is 6.04 Å². The summed E-state index contributed by atoms with van der Waals surface area (Å²) in [7, 11) is 0. The van der Waals surface area contributed by atoms with Gasteiger partial charge < -0.3 is 15.7 Å². The van der Waals surface area contributed by atoms with Gasteiger partial charge in [0.15, 0.2) is 0 Å². The van der Waals surface area contributed by atoms with Crippen molar-refractivity contribution in [1.82, 2.24) is 0 Å². The summed E-state index contributed by atoms with van der Waals surface area (Å²) in [5.74, 6) is 0.480. The molecular weight excluding hydrogens is 224 g/mol. The molecule has 3 heteroatoms. The van der Waals surface area contributed by atoms with E-state index >= 15 is 0 Å². The lowest BCUT2D eigenvalue weighted by atomic mass is 9.95. The first kappa shape index (κ1) is 13.4. The first-order chi connectivity index (χ1) is 8.76. The summed E-state index contributed by atoms with van der Waals surface area (Å²) in [5, 5.41) is 9.19. The second kappa shape index (κ2) is 6.21. The number of hydrogen-bond donors (Lipinski definition) is 2. The quantitative estimate of drug-likeness (QED) is 0.859. The highest BCUT2D eigenvalue weighted by atomic mass is 16.3. The summed E-state index contributed by atoms with van der Waals surface area (Å²) >= 11 is 0. The van der Waals surface area contributed by atoms with E-state index in [1.165, 1.54) is 11.3 Å². The summed E-state index contributed by atoms with van der Waals surface area (Å²) in [4.78, 5) is 2.41. The average molecular weight is 248 g/mol. The van der Waals surface area contributed by atoms with Crippen molar-refractivity contribution in [3.05, 3.63) is 29.8 Å². The topological polar surface area (TPSA) is 49.5 Å². The molecule has 0 spiro atoms. The van der Waals surface area contributed by atoms with Crippen LogP contribution < -0.4 is 10.6 Å². The van der Waals surface area contributed by atoms with Gasteiger partial charge in [-0.25, -0.2) is 0 Å². The molecule has 1 aliphatic rings. The lowest BCUT2D eigenvalue weighted by Gasteiger charge is -2.34. The number of aliphatic hydroxyl groups excluding tert-OH is 1. The molecule has 1 heterocycles. The van der Waals surface area contributed by atoms with Crippen LogP contribution in [0.25, 0.3) is 0 Å². The summed E-state index contributed by atoms with van der Waals surface area (Å²) in [6.07, 6.45) is 3.11. The van der Waals surface area contributed by atoms with Gasteiger partial charge in [-0.2, -0.15) is 0 Å². The minimum atomic E-state index is 0.122. The standard InChI is InChI=1S/C15H24N2O/c1-2-14(16)13-5-3-4-6-15(13)17-9-7-12(11-18)8-10-17/h3-6,12,14,18H,2,7-11,16H2,1H3/t14-/m0/s1. The Bertz CT molecular complexity index is 373. The van der Waals surface area contributed by atoms with Crippen LogP contribution >= 0.6 is 0 Å². The molecule has 0 bridgehead atoms. The number of hydrogen-bond acceptors (Lipinski definition) is 3. The van der Waals surface area contributed by atoms with E-state index in [9.17, 15) is 5.11 Å². The molecule has 1 aliphatic heterocycles. The fraction of sp³-hybridized carbons (Fsp3) is 0.600. The SMILES string of the molecule is CC[C@H](N)c1ccccc1N1CCC(CO)CC1. The molecule has 1 aromatic rings. The van der Waals surface area contributed by atoms with E-state index in [0.29, 0.717) is 12.5 Å². The van der Waals surface area contributed by atoms with E-state index in [4.69, 9.17) is 5.73 Å². The maximum Gasteiger partial charge on any atom is 0.0460 e. The fourth-order valence-corrected chi connectivity index (χ4v) is 2.67. The Morgan fingerprint density at radius 2 is 2.00 bits per heavy atom. The minimum Gasteiger partial charge on any atom is -0.396 e. The number of benzene rings is 1. The third-order valence-electron chi connectivity index (χ3n) is 3.99. The van der Waals surface area contributed by atoms with Gasteiger partial charge in [-0.1, -0.05) is 25.1 Å². The van der Waals surface area contributed by atoms with E-state index < -0.39 is 0 Å². The molecule has 1 fully saturated rings. The van der Waals surface area contributed by atoms with Gasteiger partial charge in [0.2, 0.25) is 0 Å². The third kappa shape index (κ3) is 2.85. The third-order valence-corrected chi connectivity index (χ3v) is 3.99. The number of rotatable bonds is 4. The second-order valence-corrected chi connectivity index (χ2v) is 5.19. The number of aliphatic hydroxyl groups is 1. The highest BCUT2D eigenvalue weighted by Crippen LogP contribution is 2.30.